The molecular weight excluding hydrogens is 160 g/mol. The standard InChI is InChI=1S/C4H8O.C3H6O2.CH4O/c1-3-4(2)5;1-2-5-3-4;1-2/h3H2,1-2H3;3H,2H2,1H3;2H,1H3. The molecule has 0 aromatic rings. The molecule has 0 fully saturated rings. The Morgan fingerprint density at radius 2 is 1.75 bits per heavy atom. The van der Waals surface area contributed by atoms with E-state index in [0.717, 1.165) is 7.11 Å². The Kier molecular flexibility index (Phi) is 32.3. The molecule has 4 nitrogen and oxygen atoms in total. The first-order valence-corrected chi connectivity index (χ1v) is 3.68. The summed E-state index contributed by atoms with van der Waals surface area (Å²) in [4.78, 5) is 19.0. The summed E-state index contributed by atoms with van der Waals surface area (Å²) in [5, 5.41) is 7.00. The lowest BCUT2D eigenvalue weighted by Crippen LogP contribution is -1.80. The van der Waals surface area contributed by atoms with Gasteiger partial charge in [-0.1, -0.05) is 6.92 Å². The highest BCUT2D eigenvalue weighted by molar-refractivity contribution is 5.74. The third-order valence-electron chi connectivity index (χ3n) is 0.733. The summed E-state index contributed by atoms with van der Waals surface area (Å²) >= 11 is 0. The molecular formula is C8H18O4. The topological polar surface area (TPSA) is 63.6 Å². The van der Waals surface area contributed by atoms with E-state index >= 15 is 0 Å². The molecule has 0 unspecified atom stereocenters. The van der Waals surface area contributed by atoms with Gasteiger partial charge in [-0.05, 0) is 13.8 Å². The average Bonchev–Trinajstić information content (AvgIpc) is 2.10. The molecule has 0 saturated heterocycles. The molecule has 0 amide bonds. The lowest BCUT2D eigenvalue weighted by molar-refractivity contribution is -0.128. The second-order valence-electron chi connectivity index (χ2n) is 1.61. The molecule has 74 valence electrons. The minimum Gasteiger partial charge on any atom is -0.468 e. The lowest BCUT2D eigenvalue weighted by Gasteiger charge is -1.79. The highest BCUT2D eigenvalue weighted by Gasteiger charge is 1.76. The normalized spacial score (nSPS) is 6.42. The summed E-state index contributed by atoms with van der Waals surface area (Å²) in [6, 6.07) is 0. The number of ketones is 1. The third-order valence-corrected chi connectivity index (χ3v) is 0.733. The van der Waals surface area contributed by atoms with Gasteiger partial charge in [-0.3, -0.25) is 4.79 Å². The van der Waals surface area contributed by atoms with E-state index in [4.69, 9.17) is 5.11 Å². The maximum atomic E-state index is 9.81. The summed E-state index contributed by atoms with van der Waals surface area (Å²) in [5.41, 5.74) is 0. The monoisotopic (exact) mass is 178 g/mol. The van der Waals surface area contributed by atoms with Crippen molar-refractivity contribution in [3.63, 3.8) is 0 Å². The van der Waals surface area contributed by atoms with Crippen molar-refractivity contribution in [2.75, 3.05) is 13.7 Å². The van der Waals surface area contributed by atoms with E-state index < -0.39 is 0 Å². The zero-order chi connectivity index (χ0) is 10.4. The van der Waals surface area contributed by atoms with Gasteiger partial charge in [-0.15, -0.1) is 0 Å². The van der Waals surface area contributed by atoms with Crippen LogP contribution in [0.25, 0.3) is 0 Å². The van der Waals surface area contributed by atoms with Crippen LogP contribution in [-0.4, -0.2) is 31.1 Å². The highest BCUT2D eigenvalue weighted by atomic mass is 16.5. The molecule has 0 aromatic heterocycles. The zero-order valence-corrected chi connectivity index (χ0v) is 8.16. The molecule has 0 bridgehead atoms. The highest BCUT2D eigenvalue weighted by Crippen LogP contribution is 1.71. The fourth-order valence-electron chi connectivity index (χ4n) is 0.0680. The van der Waals surface area contributed by atoms with Crippen molar-refractivity contribution in [2.24, 2.45) is 0 Å². The van der Waals surface area contributed by atoms with Crippen molar-refractivity contribution >= 4 is 12.3 Å². The van der Waals surface area contributed by atoms with E-state index in [1.54, 1.807) is 13.8 Å². The SMILES string of the molecule is CCC(C)=O.CCOC=O.CO. The van der Waals surface area contributed by atoms with Crippen LogP contribution >= 0.6 is 0 Å². The average molecular weight is 178 g/mol. The van der Waals surface area contributed by atoms with Gasteiger partial charge in [0.2, 0.25) is 0 Å². The van der Waals surface area contributed by atoms with Crippen LogP contribution in [0.15, 0.2) is 0 Å². The Morgan fingerprint density at radius 3 is 1.75 bits per heavy atom. The molecule has 1 N–H and O–H groups in total. The van der Waals surface area contributed by atoms with Crippen molar-refractivity contribution in [3.8, 4) is 0 Å². The summed E-state index contributed by atoms with van der Waals surface area (Å²) in [5.74, 6) is 0.255. The molecule has 0 aliphatic carbocycles. The quantitative estimate of drug-likeness (QED) is 0.648. The second kappa shape index (κ2) is 22.5. The van der Waals surface area contributed by atoms with Gasteiger partial charge < -0.3 is 14.6 Å². The Labute approximate surface area is 73.5 Å². The van der Waals surface area contributed by atoms with E-state index in [-0.39, 0.29) is 5.78 Å². The number of ether oxygens (including phenoxy) is 1. The van der Waals surface area contributed by atoms with E-state index in [0.29, 0.717) is 19.5 Å². The molecule has 0 aliphatic rings. The largest absolute Gasteiger partial charge is 0.468 e. The molecule has 0 spiro atoms. The number of hydrogen-bond donors (Lipinski definition) is 1. The second-order valence-corrected chi connectivity index (χ2v) is 1.61. The van der Waals surface area contributed by atoms with Crippen LogP contribution < -0.4 is 0 Å². The zero-order valence-electron chi connectivity index (χ0n) is 8.16. The Hall–Kier alpha value is -0.900. The first-order chi connectivity index (χ1) is 5.68. The van der Waals surface area contributed by atoms with Crippen molar-refractivity contribution in [1.29, 1.82) is 0 Å². The van der Waals surface area contributed by atoms with Gasteiger partial charge >= 0.3 is 0 Å². The van der Waals surface area contributed by atoms with Gasteiger partial charge in [-0.25, -0.2) is 0 Å². The Bertz CT molecular complexity index is 91.1. The van der Waals surface area contributed by atoms with Crippen LogP contribution in [0.2, 0.25) is 0 Å². The van der Waals surface area contributed by atoms with Gasteiger partial charge in [0.05, 0.1) is 6.61 Å². The molecule has 0 radical (unpaired) electrons. The fraction of sp³-hybridized carbons (Fsp3) is 0.750. The van der Waals surface area contributed by atoms with Crippen LogP contribution in [0, 0.1) is 0 Å². The minimum absolute atomic E-state index is 0.255. The predicted octanol–water partition coefficient (Wildman–Crippen LogP) is 0.773. The van der Waals surface area contributed by atoms with Gasteiger partial charge in [0.1, 0.15) is 5.78 Å². The number of aliphatic hydroxyl groups is 1. The molecule has 4 heteroatoms. The molecule has 0 rings (SSSR count). The Morgan fingerprint density at radius 1 is 1.42 bits per heavy atom. The van der Waals surface area contributed by atoms with Crippen LogP contribution in [0.1, 0.15) is 27.2 Å². The summed E-state index contributed by atoms with van der Waals surface area (Å²) in [6.07, 6.45) is 0.667. The summed E-state index contributed by atoms with van der Waals surface area (Å²) in [7, 11) is 1.00. The van der Waals surface area contributed by atoms with Crippen molar-refractivity contribution in [3.05, 3.63) is 0 Å². The number of hydrogen-bond acceptors (Lipinski definition) is 4. The van der Waals surface area contributed by atoms with E-state index in [9.17, 15) is 9.59 Å². The third kappa shape index (κ3) is 62.1. The summed E-state index contributed by atoms with van der Waals surface area (Å²) in [6.45, 7) is 6.10. The molecule has 0 saturated carbocycles. The minimum atomic E-state index is 0.255. The van der Waals surface area contributed by atoms with Crippen LogP contribution in [0.5, 0.6) is 0 Å². The van der Waals surface area contributed by atoms with Crippen molar-refractivity contribution in [2.45, 2.75) is 27.2 Å². The van der Waals surface area contributed by atoms with E-state index in [1.165, 1.54) is 0 Å². The maximum Gasteiger partial charge on any atom is 0.293 e. The predicted molar refractivity (Wildman–Crippen MR) is 46.8 cm³/mol. The molecule has 0 heterocycles. The van der Waals surface area contributed by atoms with Gasteiger partial charge in [0.25, 0.3) is 6.47 Å². The van der Waals surface area contributed by atoms with E-state index in [1.807, 2.05) is 6.92 Å². The first-order valence-electron chi connectivity index (χ1n) is 3.68. The number of carbonyl (C=O) groups is 2. The molecule has 0 aliphatic heterocycles. The van der Waals surface area contributed by atoms with Crippen molar-refractivity contribution in [1.82, 2.24) is 0 Å². The first kappa shape index (κ1) is 17.3. The number of aliphatic hydroxyl groups excluding tert-OH is 1. The molecule has 0 atom stereocenters. The van der Waals surface area contributed by atoms with Crippen molar-refractivity contribution < 1.29 is 19.4 Å². The fourth-order valence-corrected chi connectivity index (χ4v) is 0.0680. The van der Waals surface area contributed by atoms with Gasteiger partial charge in [0, 0.05) is 13.5 Å². The number of Topliss-reactive ketones (excluding diaryl/α,β-unsaturated/α-hetero) is 1. The van der Waals surface area contributed by atoms with Gasteiger partial charge in [0.15, 0.2) is 0 Å². The maximum absolute atomic E-state index is 9.81. The lowest BCUT2D eigenvalue weighted by atomic mass is 10.4. The smallest absolute Gasteiger partial charge is 0.293 e. The summed E-state index contributed by atoms with van der Waals surface area (Å²) < 4.78 is 4.15. The number of rotatable bonds is 3. The number of carbonyl (C=O) groups excluding carboxylic acids is 2. The molecule has 12 heavy (non-hydrogen) atoms. The van der Waals surface area contributed by atoms with Crippen LogP contribution in [0.3, 0.4) is 0 Å². The van der Waals surface area contributed by atoms with Gasteiger partial charge in [-0.2, -0.15) is 0 Å². The molecule has 0 aromatic carbocycles. The van der Waals surface area contributed by atoms with E-state index in [2.05, 4.69) is 4.74 Å². The van der Waals surface area contributed by atoms with Crippen LogP contribution in [0.4, 0.5) is 0 Å². The van der Waals surface area contributed by atoms with Crippen LogP contribution in [-0.2, 0) is 14.3 Å². The Balaban J connectivity index is -0.000000112.